The fraction of sp³-hybridized carbons (Fsp3) is 0.588. The fourth-order valence-electron chi connectivity index (χ4n) is 2.70. The van der Waals surface area contributed by atoms with Crippen LogP contribution in [0.1, 0.15) is 51.2 Å². The van der Waals surface area contributed by atoms with Gasteiger partial charge < -0.3 is 14.7 Å². The maximum atomic E-state index is 12.4. The van der Waals surface area contributed by atoms with Crippen LogP contribution in [0.2, 0.25) is 0 Å². The van der Waals surface area contributed by atoms with Crippen molar-refractivity contribution in [3.8, 4) is 5.75 Å². The van der Waals surface area contributed by atoms with E-state index in [1.54, 1.807) is 6.92 Å². The first-order valence-electron chi connectivity index (χ1n) is 7.86. The minimum atomic E-state index is -0.557. The monoisotopic (exact) mass is 291 g/mol. The first-order valence-corrected chi connectivity index (χ1v) is 7.86. The molecule has 1 unspecified atom stereocenters. The molecule has 0 aromatic heterocycles. The van der Waals surface area contributed by atoms with Crippen molar-refractivity contribution in [2.45, 2.75) is 51.7 Å². The van der Waals surface area contributed by atoms with E-state index in [4.69, 9.17) is 4.74 Å². The Morgan fingerprint density at radius 2 is 1.95 bits per heavy atom. The highest BCUT2D eigenvalue weighted by Gasteiger charge is 2.24. The third kappa shape index (κ3) is 3.97. The summed E-state index contributed by atoms with van der Waals surface area (Å²) in [4.78, 5) is 14.3. The van der Waals surface area contributed by atoms with Crippen LogP contribution in [0.4, 0.5) is 0 Å². The predicted molar refractivity (Wildman–Crippen MR) is 82.2 cm³/mol. The molecule has 2 rings (SSSR count). The van der Waals surface area contributed by atoms with Gasteiger partial charge >= 0.3 is 0 Å². The van der Waals surface area contributed by atoms with Gasteiger partial charge in [-0.15, -0.1) is 0 Å². The van der Waals surface area contributed by atoms with Gasteiger partial charge in [0.15, 0.2) is 6.10 Å². The summed E-state index contributed by atoms with van der Waals surface area (Å²) in [6.45, 7) is 5.35. The van der Waals surface area contributed by atoms with Crippen LogP contribution in [0.5, 0.6) is 5.75 Å². The lowest BCUT2D eigenvalue weighted by molar-refractivity contribution is -0.138. The summed E-state index contributed by atoms with van der Waals surface area (Å²) < 4.78 is 5.83. The number of likely N-dealkylation sites (tertiary alicyclic amines) is 1. The molecule has 4 heteroatoms. The molecule has 1 heterocycles. The molecule has 1 fully saturated rings. The third-order valence-electron chi connectivity index (χ3n) is 3.98. The van der Waals surface area contributed by atoms with Gasteiger partial charge in [0.2, 0.25) is 0 Å². The number of benzene rings is 1. The Morgan fingerprint density at radius 1 is 1.29 bits per heavy atom. The molecule has 1 aromatic carbocycles. The maximum absolute atomic E-state index is 12.4. The van der Waals surface area contributed by atoms with Crippen molar-refractivity contribution in [3.63, 3.8) is 0 Å². The number of nitrogens with zero attached hydrogens (tertiary/aromatic N) is 1. The molecular weight excluding hydrogens is 266 g/mol. The van der Waals surface area contributed by atoms with Gasteiger partial charge in [-0.1, -0.05) is 25.1 Å². The highest BCUT2D eigenvalue weighted by Crippen LogP contribution is 2.28. The van der Waals surface area contributed by atoms with Crippen molar-refractivity contribution in [1.29, 1.82) is 0 Å². The smallest absolute Gasteiger partial charge is 0.263 e. The predicted octanol–water partition coefficient (Wildman–Crippen LogP) is 2.91. The number of hydrogen-bond acceptors (Lipinski definition) is 3. The van der Waals surface area contributed by atoms with Crippen LogP contribution >= 0.6 is 0 Å². The molecule has 0 saturated carbocycles. The van der Waals surface area contributed by atoms with Crippen molar-refractivity contribution in [2.24, 2.45) is 0 Å². The lowest BCUT2D eigenvalue weighted by atomic mass is 10.1. The van der Waals surface area contributed by atoms with Crippen LogP contribution in [0, 0.1) is 0 Å². The van der Waals surface area contributed by atoms with Crippen molar-refractivity contribution < 1.29 is 14.6 Å². The highest BCUT2D eigenvalue weighted by atomic mass is 16.5. The van der Waals surface area contributed by atoms with Gasteiger partial charge in [0, 0.05) is 18.7 Å². The van der Waals surface area contributed by atoms with E-state index in [1.165, 1.54) is 6.42 Å². The van der Waals surface area contributed by atoms with Gasteiger partial charge in [0.05, 0.1) is 6.10 Å². The molecule has 21 heavy (non-hydrogen) atoms. The van der Waals surface area contributed by atoms with E-state index in [0.29, 0.717) is 12.2 Å². The van der Waals surface area contributed by atoms with Crippen molar-refractivity contribution >= 4 is 5.91 Å². The van der Waals surface area contributed by atoms with Gasteiger partial charge in [-0.2, -0.15) is 0 Å². The number of aliphatic hydroxyl groups is 1. The van der Waals surface area contributed by atoms with Crippen molar-refractivity contribution in [2.75, 3.05) is 13.1 Å². The zero-order valence-corrected chi connectivity index (χ0v) is 12.9. The molecular formula is C17H25NO3. The summed E-state index contributed by atoms with van der Waals surface area (Å²) in [5, 5.41) is 10.0. The first-order chi connectivity index (χ1) is 10.1. The number of carbonyl (C=O) groups is 1. The minimum absolute atomic E-state index is 0.0375. The lowest BCUT2D eigenvalue weighted by Crippen LogP contribution is -2.43. The minimum Gasteiger partial charge on any atom is -0.481 e. The van der Waals surface area contributed by atoms with Gasteiger partial charge in [-0.25, -0.2) is 0 Å². The summed E-state index contributed by atoms with van der Waals surface area (Å²) in [6, 6.07) is 7.40. The quantitative estimate of drug-likeness (QED) is 0.907. The van der Waals surface area contributed by atoms with E-state index in [2.05, 4.69) is 0 Å². The zero-order chi connectivity index (χ0) is 15.2. The maximum Gasteiger partial charge on any atom is 0.263 e. The molecule has 0 radical (unpaired) electrons. The second-order valence-electron chi connectivity index (χ2n) is 5.61. The summed E-state index contributed by atoms with van der Waals surface area (Å²) in [5.74, 6) is 0.639. The second-order valence-corrected chi connectivity index (χ2v) is 5.61. The molecule has 116 valence electrons. The number of piperidine rings is 1. The Morgan fingerprint density at radius 3 is 2.62 bits per heavy atom. The number of hydrogen-bond donors (Lipinski definition) is 1. The number of rotatable bonds is 5. The van der Waals surface area contributed by atoms with Crippen LogP contribution in [-0.4, -0.2) is 35.1 Å². The molecule has 1 saturated heterocycles. The SMILES string of the molecule is CC[C@H](O)c1ccccc1OC(C)C(=O)N1CCCCC1. The van der Waals surface area contributed by atoms with Crippen LogP contribution in [0.3, 0.4) is 0 Å². The Balaban J connectivity index is 2.05. The van der Waals surface area contributed by atoms with Crippen LogP contribution in [0.25, 0.3) is 0 Å². The van der Waals surface area contributed by atoms with E-state index in [-0.39, 0.29) is 5.91 Å². The average molecular weight is 291 g/mol. The summed E-state index contributed by atoms with van der Waals surface area (Å²) in [5.41, 5.74) is 0.748. The van der Waals surface area contributed by atoms with Gasteiger partial charge in [-0.3, -0.25) is 4.79 Å². The Bertz CT molecular complexity index is 469. The highest BCUT2D eigenvalue weighted by molar-refractivity contribution is 5.81. The van der Waals surface area contributed by atoms with Gasteiger partial charge in [-0.05, 0) is 38.7 Å². The summed E-state index contributed by atoms with van der Waals surface area (Å²) in [7, 11) is 0. The fourth-order valence-corrected chi connectivity index (χ4v) is 2.70. The zero-order valence-electron chi connectivity index (χ0n) is 12.9. The average Bonchev–Trinajstić information content (AvgIpc) is 2.54. The lowest BCUT2D eigenvalue weighted by Gasteiger charge is -2.29. The number of aliphatic hydroxyl groups excluding tert-OH is 1. The topological polar surface area (TPSA) is 49.8 Å². The van der Waals surface area contributed by atoms with E-state index in [9.17, 15) is 9.90 Å². The Labute approximate surface area is 126 Å². The molecule has 1 aliphatic rings. The normalized spacial score (nSPS) is 18.1. The largest absolute Gasteiger partial charge is 0.481 e. The van der Waals surface area contributed by atoms with E-state index in [1.807, 2.05) is 36.1 Å². The number of amides is 1. The number of para-hydroxylation sites is 1. The number of ether oxygens (including phenoxy) is 1. The van der Waals surface area contributed by atoms with Gasteiger partial charge in [0.1, 0.15) is 5.75 Å². The Kier molecular flexibility index (Phi) is 5.62. The molecule has 1 amide bonds. The molecule has 1 aliphatic heterocycles. The first kappa shape index (κ1) is 15.8. The summed E-state index contributed by atoms with van der Waals surface area (Å²) >= 11 is 0. The van der Waals surface area contributed by atoms with E-state index in [0.717, 1.165) is 31.5 Å². The van der Waals surface area contributed by atoms with E-state index < -0.39 is 12.2 Å². The van der Waals surface area contributed by atoms with Gasteiger partial charge in [0.25, 0.3) is 5.91 Å². The van der Waals surface area contributed by atoms with Crippen molar-refractivity contribution in [1.82, 2.24) is 4.90 Å². The number of carbonyl (C=O) groups excluding carboxylic acids is 1. The summed E-state index contributed by atoms with van der Waals surface area (Å²) in [6.07, 6.45) is 2.89. The van der Waals surface area contributed by atoms with E-state index >= 15 is 0 Å². The molecule has 0 bridgehead atoms. The van der Waals surface area contributed by atoms with Crippen molar-refractivity contribution in [3.05, 3.63) is 29.8 Å². The Hall–Kier alpha value is -1.55. The van der Waals surface area contributed by atoms with Crippen LogP contribution < -0.4 is 4.74 Å². The second kappa shape index (κ2) is 7.46. The van der Waals surface area contributed by atoms with Crippen LogP contribution in [-0.2, 0) is 4.79 Å². The third-order valence-corrected chi connectivity index (χ3v) is 3.98. The standard InChI is InChI=1S/C17H25NO3/c1-3-15(19)14-9-5-6-10-16(14)21-13(2)17(20)18-11-7-4-8-12-18/h5-6,9-10,13,15,19H,3-4,7-8,11-12H2,1-2H3/t13?,15-/m0/s1. The molecule has 4 nitrogen and oxygen atoms in total. The molecule has 1 aromatic rings. The molecule has 1 N–H and O–H groups in total. The van der Waals surface area contributed by atoms with Crippen LogP contribution in [0.15, 0.2) is 24.3 Å². The molecule has 2 atom stereocenters. The molecule has 0 aliphatic carbocycles. The molecule has 0 spiro atoms.